The molecule has 0 unspecified atom stereocenters. The summed E-state index contributed by atoms with van der Waals surface area (Å²) in [6, 6.07) is 6.36. The van der Waals surface area contributed by atoms with Crippen molar-refractivity contribution in [1.82, 2.24) is 14.8 Å². The van der Waals surface area contributed by atoms with Gasteiger partial charge in [-0.3, -0.25) is 4.68 Å². The molecule has 77 valence electrons. The summed E-state index contributed by atoms with van der Waals surface area (Å²) in [5, 5.41) is 4.03. The number of hydrogen-bond donors (Lipinski definition) is 1. The van der Waals surface area contributed by atoms with Crippen LogP contribution in [0.4, 0.5) is 5.69 Å². The molecule has 16 heavy (non-hydrogen) atoms. The van der Waals surface area contributed by atoms with E-state index in [1.54, 1.807) is 16.9 Å². The average Bonchev–Trinajstić information content (AvgIpc) is 2.74. The van der Waals surface area contributed by atoms with Gasteiger partial charge in [0.15, 0.2) is 0 Å². The zero-order valence-corrected chi connectivity index (χ0v) is 11.4. The summed E-state index contributed by atoms with van der Waals surface area (Å²) in [5.74, 6) is 5.85. The maximum Gasteiger partial charge on any atom is 0.101 e. The van der Waals surface area contributed by atoms with E-state index >= 15 is 0 Å². The summed E-state index contributed by atoms with van der Waals surface area (Å²) in [6.07, 6.45) is 5.12. The zero-order valence-electron chi connectivity index (χ0n) is 8.59. The molecule has 0 spiro atoms. The number of hydrogen-bond acceptors (Lipinski definition) is 3. The Labute approximate surface area is 119 Å². The van der Waals surface area contributed by atoms with E-state index in [9.17, 15) is 0 Å². The van der Waals surface area contributed by atoms with E-state index in [4.69, 9.17) is 5.73 Å². The largest absolute Gasteiger partial charge is 0.418 e. The summed E-state index contributed by atoms with van der Waals surface area (Å²) in [7, 11) is 0. The van der Waals surface area contributed by atoms with Crippen molar-refractivity contribution in [3.63, 3.8) is 0 Å². The SMILES string of the molecule is Nc1[c-]cc(C#CCn2cccn2)nc1.[Y]. The maximum atomic E-state index is 5.45. The molecule has 0 saturated heterocycles. The van der Waals surface area contributed by atoms with Gasteiger partial charge in [-0.05, 0) is 11.8 Å². The van der Waals surface area contributed by atoms with E-state index in [1.165, 1.54) is 6.20 Å². The van der Waals surface area contributed by atoms with Crippen LogP contribution in [0.1, 0.15) is 5.69 Å². The van der Waals surface area contributed by atoms with Crippen LogP contribution in [-0.4, -0.2) is 14.8 Å². The monoisotopic (exact) mass is 286 g/mol. The van der Waals surface area contributed by atoms with Gasteiger partial charge >= 0.3 is 0 Å². The molecule has 2 heterocycles. The second-order valence-corrected chi connectivity index (χ2v) is 2.89. The van der Waals surface area contributed by atoms with Crippen molar-refractivity contribution in [1.29, 1.82) is 0 Å². The Morgan fingerprint density at radius 3 is 3.00 bits per heavy atom. The third kappa shape index (κ3) is 3.76. The van der Waals surface area contributed by atoms with Crippen LogP contribution in [0, 0.1) is 17.9 Å². The summed E-state index contributed by atoms with van der Waals surface area (Å²) in [4.78, 5) is 4.04. The van der Waals surface area contributed by atoms with Crippen molar-refractivity contribution >= 4 is 5.69 Å². The smallest absolute Gasteiger partial charge is 0.101 e. The van der Waals surface area contributed by atoms with E-state index in [0.29, 0.717) is 17.9 Å². The van der Waals surface area contributed by atoms with Crippen LogP contribution in [0.2, 0.25) is 0 Å². The summed E-state index contributed by atoms with van der Waals surface area (Å²) >= 11 is 0. The number of aromatic nitrogens is 3. The third-order valence-corrected chi connectivity index (χ3v) is 1.73. The van der Waals surface area contributed by atoms with E-state index < -0.39 is 0 Å². The first-order valence-electron chi connectivity index (χ1n) is 4.44. The summed E-state index contributed by atoms with van der Waals surface area (Å²) < 4.78 is 1.74. The van der Waals surface area contributed by atoms with Gasteiger partial charge in [-0.2, -0.15) is 11.2 Å². The Morgan fingerprint density at radius 2 is 2.38 bits per heavy atom. The van der Waals surface area contributed by atoms with Crippen LogP contribution in [0.15, 0.2) is 30.7 Å². The molecule has 0 aromatic carbocycles. The van der Waals surface area contributed by atoms with Gasteiger partial charge in [0.1, 0.15) is 6.54 Å². The van der Waals surface area contributed by atoms with Crippen LogP contribution in [0.3, 0.4) is 0 Å². The predicted octanol–water partition coefficient (Wildman–Crippen LogP) is 0.710. The first kappa shape index (κ1) is 12.9. The van der Waals surface area contributed by atoms with Gasteiger partial charge in [-0.25, -0.2) is 0 Å². The Hall–Kier alpha value is -1.18. The Balaban J connectivity index is 0.00000128. The number of pyridine rings is 1. The van der Waals surface area contributed by atoms with Gasteiger partial charge < -0.3 is 10.7 Å². The second kappa shape index (κ2) is 6.42. The fraction of sp³-hybridized carbons (Fsp3) is 0.0909. The molecule has 0 aliphatic heterocycles. The molecular formula is C11H9N4Y-. The van der Waals surface area contributed by atoms with Crippen LogP contribution in [-0.2, 0) is 39.3 Å². The summed E-state index contributed by atoms with van der Waals surface area (Å²) in [5.41, 5.74) is 6.64. The molecule has 0 fully saturated rings. The van der Waals surface area contributed by atoms with Crippen molar-refractivity contribution < 1.29 is 32.7 Å². The number of nitrogens with two attached hydrogens (primary N) is 1. The fourth-order valence-corrected chi connectivity index (χ4v) is 1.04. The van der Waals surface area contributed by atoms with E-state index in [0.717, 1.165) is 0 Å². The molecular weight excluding hydrogens is 277 g/mol. The summed E-state index contributed by atoms with van der Waals surface area (Å²) in [6.45, 7) is 0.555. The third-order valence-electron chi connectivity index (χ3n) is 1.73. The number of rotatable bonds is 1. The molecule has 0 bridgehead atoms. The van der Waals surface area contributed by atoms with Crippen molar-refractivity contribution in [2.24, 2.45) is 0 Å². The van der Waals surface area contributed by atoms with Crippen LogP contribution >= 0.6 is 0 Å². The van der Waals surface area contributed by atoms with Crippen molar-refractivity contribution in [3.8, 4) is 11.8 Å². The van der Waals surface area contributed by atoms with Gasteiger partial charge in [-0.1, -0.05) is 17.8 Å². The topological polar surface area (TPSA) is 56.7 Å². The Bertz CT molecular complexity index is 479. The quantitative estimate of drug-likeness (QED) is 0.620. The fourth-order valence-electron chi connectivity index (χ4n) is 1.04. The van der Waals surface area contributed by atoms with Gasteiger partial charge in [0.2, 0.25) is 0 Å². The Kier molecular flexibility index (Phi) is 5.17. The van der Waals surface area contributed by atoms with E-state index in [-0.39, 0.29) is 32.7 Å². The van der Waals surface area contributed by atoms with E-state index in [1.807, 2.05) is 12.3 Å². The minimum Gasteiger partial charge on any atom is -0.418 e. The second-order valence-electron chi connectivity index (χ2n) is 2.89. The van der Waals surface area contributed by atoms with E-state index in [2.05, 4.69) is 28.0 Å². The minimum absolute atomic E-state index is 0. The Morgan fingerprint density at radius 1 is 1.50 bits per heavy atom. The van der Waals surface area contributed by atoms with Crippen molar-refractivity contribution in [2.75, 3.05) is 5.73 Å². The molecule has 2 N–H and O–H groups in total. The molecule has 0 amide bonds. The molecule has 5 heteroatoms. The van der Waals surface area contributed by atoms with Crippen molar-refractivity contribution in [2.45, 2.75) is 6.54 Å². The van der Waals surface area contributed by atoms with Crippen molar-refractivity contribution in [3.05, 3.63) is 42.5 Å². The molecule has 1 radical (unpaired) electrons. The molecule has 0 aliphatic carbocycles. The number of nitrogens with zero attached hydrogens (tertiary/aromatic N) is 3. The molecule has 0 aliphatic rings. The zero-order chi connectivity index (χ0) is 10.5. The molecule has 2 aromatic rings. The first-order chi connectivity index (χ1) is 7.34. The molecule has 4 nitrogen and oxygen atoms in total. The average molecular weight is 286 g/mol. The molecule has 0 saturated carbocycles. The number of anilines is 1. The molecule has 2 rings (SSSR count). The number of nitrogen functional groups attached to an aromatic ring is 1. The minimum atomic E-state index is 0. The van der Waals surface area contributed by atoms with Gasteiger partial charge in [0, 0.05) is 45.1 Å². The first-order valence-corrected chi connectivity index (χ1v) is 4.44. The van der Waals surface area contributed by atoms with Crippen LogP contribution < -0.4 is 5.73 Å². The molecule has 0 atom stereocenters. The van der Waals surface area contributed by atoms with Crippen LogP contribution in [0.25, 0.3) is 0 Å². The maximum absolute atomic E-state index is 5.45. The van der Waals surface area contributed by atoms with Gasteiger partial charge in [-0.15, -0.1) is 12.0 Å². The normalized spacial score (nSPS) is 8.75. The van der Waals surface area contributed by atoms with Crippen LogP contribution in [0.5, 0.6) is 0 Å². The molecule has 2 aromatic heterocycles. The van der Waals surface area contributed by atoms with Gasteiger partial charge in [0.25, 0.3) is 0 Å². The van der Waals surface area contributed by atoms with Gasteiger partial charge in [0.05, 0.1) is 0 Å². The standard InChI is InChI=1S/C11H9N4.Y/c12-10-4-5-11(13-9-10)3-1-7-15-8-2-6-14-15;/h2,5-6,8-9H,7,12H2;/q-1;. The predicted molar refractivity (Wildman–Crippen MR) is 56.6 cm³/mol.